The van der Waals surface area contributed by atoms with Crippen molar-refractivity contribution in [2.75, 3.05) is 16.8 Å². The molecule has 0 bridgehead atoms. The average molecular weight is 265 g/mol. The van der Waals surface area contributed by atoms with E-state index in [9.17, 15) is 9.59 Å². The molecule has 5 heteroatoms. The lowest BCUT2D eigenvalue weighted by molar-refractivity contribution is -0.119. The predicted molar refractivity (Wildman–Crippen MR) is 72.2 cm³/mol. The Labute approximate surface area is 110 Å². The lowest BCUT2D eigenvalue weighted by Gasteiger charge is -2.13. The number of rotatable bonds is 3. The average Bonchev–Trinajstić information content (AvgIpc) is 2.85. The molecule has 1 heterocycles. The van der Waals surface area contributed by atoms with Gasteiger partial charge in [0.25, 0.3) is 0 Å². The zero-order valence-electron chi connectivity index (χ0n) is 10.1. The van der Waals surface area contributed by atoms with Crippen molar-refractivity contribution >= 4 is 29.3 Å². The highest BCUT2D eigenvalue weighted by Gasteiger charge is 2.23. The predicted octanol–water partition coefficient (Wildman–Crippen LogP) is 2.38. The van der Waals surface area contributed by atoms with Crippen LogP contribution in [-0.4, -0.2) is 28.5 Å². The van der Waals surface area contributed by atoms with Gasteiger partial charge in [0.05, 0.1) is 5.56 Å². The van der Waals surface area contributed by atoms with Crippen molar-refractivity contribution in [2.45, 2.75) is 13.3 Å². The van der Waals surface area contributed by atoms with Crippen molar-refractivity contribution in [3.63, 3.8) is 0 Å². The highest BCUT2D eigenvalue weighted by Crippen LogP contribution is 2.26. The van der Waals surface area contributed by atoms with Crippen LogP contribution in [-0.2, 0) is 4.79 Å². The second-order valence-corrected chi connectivity index (χ2v) is 5.48. The number of carboxylic acid groups (broad SMARTS) is 1. The van der Waals surface area contributed by atoms with E-state index in [0.29, 0.717) is 11.3 Å². The Balaban J connectivity index is 2.16. The second-order valence-electron chi connectivity index (χ2n) is 4.33. The number of anilines is 1. The van der Waals surface area contributed by atoms with E-state index >= 15 is 0 Å². The van der Waals surface area contributed by atoms with E-state index in [-0.39, 0.29) is 17.4 Å². The molecule has 1 atom stereocenters. The number of hydrogen-bond donors (Lipinski definition) is 2. The van der Waals surface area contributed by atoms with Crippen molar-refractivity contribution in [1.29, 1.82) is 0 Å². The Morgan fingerprint density at radius 3 is 2.83 bits per heavy atom. The Kier molecular flexibility index (Phi) is 3.91. The lowest BCUT2D eigenvalue weighted by atomic mass is 10.1. The Morgan fingerprint density at radius 1 is 1.44 bits per heavy atom. The van der Waals surface area contributed by atoms with Crippen molar-refractivity contribution in [3.8, 4) is 0 Å². The summed E-state index contributed by atoms with van der Waals surface area (Å²) in [5, 5.41) is 11.9. The van der Waals surface area contributed by atoms with Gasteiger partial charge < -0.3 is 10.4 Å². The molecule has 0 aliphatic carbocycles. The number of carbonyl (C=O) groups is 2. The van der Waals surface area contributed by atoms with Crippen molar-refractivity contribution in [2.24, 2.45) is 5.92 Å². The van der Waals surface area contributed by atoms with Gasteiger partial charge in [0.15, 0.2) is 0 Å². The van der Waals surface area contributed by atoms with E-state index in [1.54, 1.807) is 36.9 Å². The molecule has 0 saturated carbocycles. The number of amides is 1. The fraction of sp³-hybridized carbons (Fsp3) is 0.385. The zero-order valence-corrected chi connectivity index (χ0v) is 10.9. The zero-order chi connectivity index (χ0) is 13.1. The summed E-state index contributed by atoms with van der Waals surface area (Å²) in [4.78, 5) is 23.0. The first-order chi connectivity index (χ1) is 8.59. The number of carbonyl (C=O) groups excluding carboxylic acids is 1. The monoisotopic (exact) mass is 265 g/mol. The van der Waals surface area contributed by atoms with Crippen LogP contribution in [0.1, 0.15) is 22.3 Å². The lowest BCUT2D eigenvalue weighted by Crippen LogP contribution is -2.23. The smallest absolute Gasteiger partial charge is 0.336 e. The van der Waals surface area contributed by atoms with Crippen LogP contribution >= 0.6 is 11.8 Å². The number of nitrogens with one attached hydrogen (secondary N) is 1. The van der Waals surface area contributed by atoms with Crippen LogP contribution in [0.5, 0.6) is 0 Å². The first-order valence-corrected chi connectivity index (χ1v) is 6.96. The molecule has 1 aromatic rings. The van der Waals surface area contributed by atoms with Gasteiger partial charge in [0.2, 0.25) is 5.91 Å². The van der Waals surface area contributed by atoms with E-state index in [4.69, 9.17) is 5.11 Å². The summed E-state index contributed by atoms with van der Waals surface area (Å²) in [5.74, 6) is 0.934. The van der Waals surface area contributed by atoms with Crippen molar-refractivity contribution in [3.05, 3.63) is 29.3 Å². The van der Waals surface area contributed by atoms with Crippen LogP contribution in [0, 0.1) is 12.8 Å². The Morgan fingerprint density at radius 2 is 2.22 bits per heavy atom. The van der Waals surface area contributed by atoms with Crippen LogP contribution in [0.3, 0.4) is 0 Å². The third kappa shape index (κ3) is 2.67. The number of aromatic carboxylic acids is 1. The third-order valence-electron chi connectivity index (χ3n) is 3.12. The van der Waals surface area contributed by atoms with Crippen LogP contribution in [0.2, 0.25) is 0 Å². The minimum absolute atomic E-state index is 0.00867. The molecular formula is C13H15NO3S. The largest absolute Gasteiger partial charge is 0.478 e. The molecule has 1 aliphatic heterocycles. The normalized spacial score (nSPS) is 18.6. The van der Waals surface area contributed by atoms with Gasteiger partial charge in [-0.15, -0.1) is 0 Å². The van der Waals surface area contributed by atoms with Gasteiger partial charge in [-0.25, -0.2) is 4.79 Å². The molecule has 1 aromatic carbocycles. The molecular weight excluding hydrogens is 250 g/mol. The summed E-state index contributed by atoms with van der Waals surface area (Å²) in [7, 11) is 0. The number of hydrogen-bond acceptors (Lipinski definition) is 3. The summed E-state index contributed by atoms with van der Waals surface area (Å²) < 4.78 is 0. The van der Waals surface area contributed by atoms with Crippen molar-refractivity contribution in [1.82, 2.24) is 0 Å². The summed E-state index contributed by atoms with van der Waals surface area (Å²) >= 11 is 1.78. The minimum atomic E-state index is -0.972. The van der Waals surface area contributed by atoms with E-state index in [1.807, 2.05) is 0 Å². The molecule has 0 aromatic heterocycles. The fourth-order valence-electron chi connectivity index (χ4n) is 1.98. The molecule has 4 nitrogen and oxygen atoms in total. The van der Waals surface area contributed by atoms with Crippen LogP contribution in [0.4, 0.5) is 5.69 Å². The molecule has 1 amide bonds. The van der Waals surface area contributed by atoms with E-state index < -0.39 is 5.97 Å². The minimum Gasteiger partial charge on any atom is -0.478 e. The van der Waals surface area contributed by atoms with E-state index in [0.717, 1.165) is 17.9 Å². The van der Waals surface area contributed by atoms with E-state index in [1.165, 1.54) is 0 Å². The van der Waals surface area contributed by atoms with Gasteiger partial charge in [0.1, 0.15) is 0 Å². The Bertz CT molecular complexity index is 481. The van der Waals surface area contributed by atoms with Crippen LogP contribution in [0.15, 0.2) is 18.2 Å². The SMILES string of the molecule is Cc1c(NC(=O)C2CCSC2)cccc1C(=O)O. The van der Waals surface area contributed by atoms with Gasteiger partial charge in [0, 0.05) is 17.4 Å². The molecule has 2 rings (SSSR count). The van der Waals surface area contributed by atoms with Gasteiger partial charge in [-0.2, -0.15) is 11.8 Å². The van der Waals surface area contributed by atoms with Gasteiger partial charge in [-0.3, -0.25) is 4.79 Å². The maximum Gasteiger partial charge on any atom is 0.336 e. The van der Waals surface area contributed by atoms with Gasteiger partial charge >= 0.3 is 5.97 Å². The van der Waals surface area contributed by atoms with Crippen LogP contribution < -0.4 is 5.32 Å². The molecule has 1 fully saturated rings. The molecule has 0 radical (unpaired) electrons. The third-order valence-corrected chi connectivity index (χ3v) is 4.28. The van der Waals surface area contributed by atoms with Crippen molar-refractivity contribution < 1.29 is 14.7 Å². The number of benzene rings is 1. The summed E-state index contributed by atoms with van der Waals surface area (Å²) in [6, 6.07) is 4.93. The number of carboxylic acids is 1. The van der Waals surface area contributed by atoms with Gasteiger partial charge in [-0.05, 0) is 36.8 Å². The maximum atomic E-state index is 12.0. The van der Waals surface area contributed by atoms with Crippen LogP contribution in [0.25, 0.3) is 0 Å². The standard InChI is InChI=1S/C13H15NO3S/c1-8-10(13(16)17)3-2-4-11(8)14-12(15)9-5-6-18-7-9/h2-4,9H,5-7H2,1H3,(H,14,15)(H,16,17). The Hall–Kier alpha value is -1.49. The van der Waals surface area contributed by atoms with Gasteiger partial charge in [-0.1, -0.05) is 6.07 Å². The molecule has 1 aliphatic rings. The number of thioether (sulfide) groups is 1. The molecule has 2 N–H and O–H groups in total. The topological polar surface area (TPSA) is 66.4 Å². The maximum absolute atomic E-state index is 12.0. The first-order valence-electron chi connectivity index (χ1n) is 5.81. The molecule has 18 heavy (non-hydrogen) atoms. The van der Waals surface area contributed by atoms with E-state index in [2.05, 4.69) is 5.32 Å². The second kappa shape index (κ2) is 5.44. The highest BCUT2D eigenvalue weighted by atomic mass is 32.2. The molecule has 1 unspecified atom stereocenters. The first kappa shape index (κ1) is 13.0. The molecule has 0 spiro atoms. The molecule has 96 valence electrons. The summed E-state index contributed by atoms with van der Waals surface area (Å²) in [6.07, 6.45) is 0.897. The molecule has 1 saturated heterocycles. The quantitative estimate of drug-likeness (QED) is 0.880. The summed E-state index contributed by atoms with van der Waals surface area (Å²) in [5.41, 5.74) is 1.43. The highest BCUT2D eigenvalue weighted by molar-refractivity contribution is 7.99. The fourth-order valence-corrected chi connectivity index (χ4v) is 3.20. The summed E-state index contributed by atoms with van der Waals surface area (Å²) in [6.45, 7) is 1.71.